The predicted octanol–water partition coefficient (Wildman–Crippen LogP) is 1.21. The van der Waals surface area contributed by atoms with Crippen molar-refractivity contribution in [2.24, 2.45) is 5.92 Å². The fraction of sp³-hybridized carbons (Fsp3) is 0.417. The second-order valence-electron chi connectivity index (χ2n) is 4.56. The highest BCUT2D eigenvalue weighted by atomic mass is 32.1. The molecule has 1 aliphatic carbocycles. The molecule has 2 aromatic heterocycles. The van der Waals surface area contributed by atoms with Crippen LogP contribution in [-0.4, -0.2) is 29.0 Å². The molecule has 0 aromatic carbocycles. The summed E-state index contributed by atoms with van der Waals surface area (Å²) in [6.07, 6.45) is 2.05. The molecule has 0 aliphatic heterocycles. The van der Waals surface area contributed by atoms with Gasteiger partial charge < -0.3 is 16.4 Å². The molecule has 100 valence electrons. The summed E-state index contributed by atoms with van der Waals surface area (Å²) >= 11 is 1.53. The van der Waals surface area contributed by atoms with E-state index >= 15 is 0 Å². The van der Waals surface area contributed by atoms with E-state index in [0.29, 0.717) is 13.1 Å². The summed E-state index contributed by atoms with van der Waals surface area (Å²) in [7, 11) is 0. The van der Waals surface area contributed by atoms with Crippen LogP contribution in [0, 0.1) is 5.92 Å². The number of hydrogen-bond acceptors (Lipinski definition) is 6. The number of nitrogens with one attached hydrogen (secondary N) is 2. The van der Waals surface area contributed by atoms with Crippen LogP contribution in [0.25, 0.3) is 10.2 Å². The number of fused-ring (bicyclic) bond motifs is 1. The largest absolute Gasteiger partial charge is 0.368 e. The predicted molar refractivity (Wildman–Crippen MR) is 76.1 cm³/mol. The second-order valence-corrected chi connectivity index (χ2v) is 5.46. The van der Waals surface area contributed by atoms with Crippen molar-refractivity contribution in [3.63, 3.8) is 0 Å². The number of thiophene rings is 1. The molecule has 2 aromatic rings. The number of carbonyl (C=O) groups excluding carboxylic acids is 1. The van der Waals surface area contributed by atoms with Gasteiger partial charge >= 0.3 is 0 Å². The van der Waals surface area contributed by atoms with Crippen molar-refractivity contribution >= 4 is 39.2 Å². The summed E-state index contributed by atoms with van der Waals surface area (Å²) < 4.78 is 0. The van der Waals surface area contributed by atoms with Crippen molar-refractivity contribution in [2.45, 2.75) is 12.8 Å². The molecular weight excluding hydrogens is 262 g/mol. The summed E-state index contributed by atoms with van der Waals surface area (Å²) in [6, 6.07) is 1.96. The van der Waals surface area contributed by atoms with E-state index in [2.05, 4.69) is 20.6 Å². The van der Waals surface area contributed by atoms with Gasteiger partial charge in [-0.3, -0.25) is 4.79 Å². The van der Waals surface area contributed by atoms with Crippen molar-refractivity contribution < 1.29 is 4.79 Å². The first kappa shape index (κ1) is 12.2. The topological polar surface area (TPSA) is 92.9 Å². The van der Waals surface area contributed by atoms with Crippen molar-refractivity contribution in [2.75, 3.05) is 24.1 Å². The van der Waals surface area contributed by atoms with Crippen molar-refractivity contribution in [3.8, 4) is 0 Å². The molecule has 2 heterocycles. The van der Waals surface area contributed by atoms with E-state index < -0.39 is 0 Å². The normalized spacial score (nSPS) is 14.5. The molecule has 6 nitrogen and oxygen atoms in total. The van der Waals surface area contributed by atoms with Gasteiger partial charge in [0.25, 0.3) is 0 Å². The second kappa shape index (κ2) is 5.00. The van der Waals surface area contributed by atoms with E-state index in [4.69, 9.17) is 5.73 Å². The molecule has 19 heavy (non-hydrogen) atoms. The number of nitrogens with zero attached hydrogens (tertiary/aromatic N) is 2. The molecule has 7 heteroatoms. The van der Waals surface area contributed by atoms with Crippen LogP contribution in [0.2, 0.25) is 0 Å². The van der Waals surface area contributed by atoms with Crippen LogP contribution in [0.3, 0.4) is 0 Å². The molecule has 0 bridgehead atoms. The fourth-order valence-corrected chi connectivity index (χ4v) is 2.63. The molecule has 0 saturated heterocycles. The lowest BCUT2D eigenvalue weighted by molar-refractivity contribution is -0.122. The summed E-state index contributed by atoms with van der Waals surface area (Å²) in [5.41, 5.74) is 5.66. The number of aromatic nitrogens is 2. The van der Waals surface area contributed by atoms with Crippen LogP contribution in [0.1, 0.15) is 12.8 Å². The summed E-state index contributed by atoms with van der Waals surface area (Å²) in [6.45, 7) is 1.21. The number of carbonyl (C=O) groups is 1. The molecule has 0 unspecified atom stereocenters. The van der Waals surface area contributed by atoms with Gasteiger partial charge in [0.15, 0.2) is 0 Å². The third kappa shape index (κ3) is 2.76. The Morgan fingerprint density at radius 1 is 1.42 bits per heavy atom. The van der Waals surface area contributed by atoms with Crippen LogP contribution in [0.5, 0.6) is 0 Å². The van der Waals surface area contributed by atoms with Crippen LogP contribution in [-0.2, 0) is 4.79 Å². The minimum atomic E-state index is 0.157. The Morgan fingerprint density at radius 2 is 2.26 bits per heavy atom. The van der Waals surface area contributed by atoms with E-state index in [1.54, 1.807) is 0 Å². The third-order valence-corrected chi connectivity index (χ3v) is 3.81. The van der Waals surface area contributed by atoms with Crippen LogP contribution in [0.15, 0.2) is 11.4 Å². The molecule has 1 saturated carbocycles. The monoisotopic (exact) mass is 277 g/mol. The highest BCUT2D eigenvalue weighted by Gasteiger charge is 2.28. The van der Waals surface area contributed by atoms with Gasteiger partial charge in [0, 0.05) is 19.0 Å². The number of rotatable bonds is 5. The summed E-state index contributed by atoms with van der Waals surface area (Å²) in [5, 5.41) is 9.01. The number of nitrogen functional groups attached to an aromatic ring is 1. The fourth-order valence-electron chi connectivity index (χ4n) is 1.86. The Labute approximate surface area is 114 Å². The van der Waals surface area contributed by atoms with Crippen LogP contribution < -0.4 is 16.4 Å². The van der Waals surface area contributed by atoms with Gasteiger partial charge in [-0.15, -0.1) is 11.3 Å². The van der Waals surface area contributed by atoms with Gasteiger partial charge in [-0.05, 0) is 24.3 Å². The highest BCUT2D eigenvalue weighted by molar-refractivity contribution is 7.16. The zero-order valence-corrected chi connectivity index (χ0v) is 11.2. The van der Waals surface area contributed by atoms with Gasteiger partial charge in [-0.2, -0.15) is 4.98 Å². The molecule has 0 atom stereocenters. The van der Waals surface area contributed by atoms with E-state index in [-0.39, 0.29) is 17.8 Å². The van der Waals surface area contributed by atoms with Crippen molar-refractivity contribution in [1.29, 1.82) is 0 Å². The zero-order valence-electron chi connectivity index (χ0n) is 10.3. The molecule has 0 spiro atoms. The van der Waals surface area contributed by atoms with E-state index in [1.165, 1.54) is 11.3 Å². The molecule has 3 rings (SSSR count). The summed E-state index contributed by atoms with van der Waals surface area (Å²) in [4.78, 5) is 20.7. The number of amides is 1. The minimum absolute atomic E-state index is 0.157. The minimum Gasteiger partial charge on any atom is -0.368 e. The Hall–Kier alpha value is -1.89. The molecule has 1 fully saturated rings. The Balaban J connectivity index is 1.58. The van der Waals surface area contributed by atoms with E-state index in [9.17, 15) is 4.79 Å². The van der Waals surface area contributed by atoms with Gasteiger partial charge in [-0.1, -0.05) is 0 Å². The van der Waals surface area contributed by atoms with Gasteiger partial charge in [-0.25, -0.2) is 4.98 Å². The highest BCUT2D eigenvalue weighted by Crippen LogP contribution is 2.28. The first-order chi connectivity index (χ1) is 9.24. The first-order valence-corrected chi connectivity index (χ1v) is 7.14. The SMILES string of the molecule is Nc1nc(NCCNC(=O)C2CC2)c2ccsc2n1. The number of anilines is 2. The summed E-state index contributed by atoms with van der Waals surface area (Å²) in [5.74, 6) is 1.40. The lowest BCUT2D eigenvalue weighted by atomic mass is 10.3. The average molecular weight is 277 g/mol. The van der Waals surface area contributed by atoms with Crippen LogP contribution >= 0.6 is 11.3 Å². The lowest BCUT2D eigenvalue weighted by Gasteiger charge is -2.08. The average Bonchev–Trinajstić information content (AvgIpc) is 3.13. The van der Waals surface area contributed by atoms with Crippen LogP contribution in [0.4, 0.5) is 11.8 Å². The Morgan fingerprint density at radius 3 is 3.05 bits per heavy atom. The Kier molecular flexibility index (Phi) is 3.20. The maximum Gasteiger partial charge on any atom is 0.223 e. The molecule has 4 N–H and O–H groups in total. The zero-order chi connectivity index (χ0) is 13.2. The molecule has 1 aliphatic rings. The molecular formula is C12H15N5OS. The van der Waals surface area contributed by atoms with Crippen molar-refractivity contribution in [3.05, 3.63) is 11.4 Å². The van der Waals surface area contributed by atoms with Gasteiger partial charge in [0.05, 0.1) is 5.39 Å². The molecule has 0 radical (unpaired) electrons. The number of hydrogen-bond donors (Lipinski definition) is 3. The standard InChI is InChI=1S/C12H15N5OS/c13-12-16-9(8-3-6-19-11(8)17-12)14-4-5-15-10(18)7-1-2-7/h3,6-7H,1-2,4-5H2,(H,15,18)(H3,13,14,16,17). The maximum atomic E-state index is 11.5. The number of nitrogens with two attached hydrogens (primary N) is 1. The first-order valence-electron chi connectivity index (χ1n) is 6.26. The smallest absolute Gasteiger partial charge is 0.223 e. The Bertz CT molecular complexity index is 607. The lowest BCUT2D eigenvalue weighted by Crippen LogP contribution is -2.30. The van der Waals surface area contributed by atoms with E-state index in [1.807, 2.05) is 11.4 Å². The van der Waals surface area contributed by atoms with Gasteiger partial charge in [0.2, 0.25) is 11.9 Å². The third-order valence-electron chi connectivity index (χ3n) is 3.01. The quantitative estimate of drug-likeness (QED) is 0.714. The van der Waals surface area contributed by atoms with Gasteiger partial charge in [0.1, 0.15) is 10.6 Å². The van der Waals surface area contributed by atoms with Crippen molar-refractivity contribution in [1.82, 2.24) is 15.3 Å². The molecule has 1 amide bonds. The maximum absolute atomic E-state index is 11.5. The van der Waals surface area contributed by atoms with E-state index in [0.717, 1.165) is 28.9 Å².